The standard InChI is InChI=1S/C15H15F2N3O/c1-2-20(13-6-4-3-5-10(13)16)14-7-9(15(19)21)12(18)8-11(14)17/h3-8H,2,18H2,1H3,(H2,19,21). The van der Waals surface area contributed by atoms with Crippen molar-refractivity contribution in [3.05, 3.63) is 53.6 Å². The molecule has 2 rings (SSSR count). The summed E-state index contributed by atoms with van der Waals surface area (Å²) < 4.78 is 28.1. The zero-order valence-corrected chi connectivity index (χ0v) is 11.4. The number of nitrogens with zero attached hydrogens (tertiary/aromatic N) is 1. The van der Waals surface area contributed by atoms with Gasteiger partial charge < -0.3 is 16.4 Å². The van der Waals surface area contributed by atoms with Gasteiger partial charge in [-0.1, -0.05) is 12.1 Å². The predicted molar refractivity (Wildman–Crippen MR) is 78.4 cm³/mol. The monoisotopic (exact) mass is 291 g/mol. The molecular formula is C15H15F2N3O. The highest BCUT2D eigenvalue weighted by Crippen LogP contribution is 2.32. The van der Waals surface area contributed by atoms with E-state index in [0.717, 1.165) is 6.07 Å². The second-order valence-corrected chi connectivity index (χ2v) is 4.45. The van der Waals surface area contributed by atoms with Gasteiger partial charge in [-0.2, -0.15) is 0 Å². The third-order valence-electron chi connectivity index (χ3n) is 3.13. The second kappa shape index (κ2) is 5.78. The van der Waals surface area contributed by atoms with Crippen LogP contribution in [0.2, 0.25) is 0 Å². The zero-order chi connectivity index (χ0) is 15.6. The van der Waals surface area contributed by atoms with E-state index in [0.29, 0.717) is 6.54 Å². The quantitative estimate of drug-likeness (QED) is 0.851. The number of anilines is 3. The van der Waals surface area contributed by atoms with Crippen LogP contribution in [0.15, 0.2) is 36.4 Å². The normalized spacial score (nSPS) is 10.4. The Labute approximate surface area is 121 Å². The number of rotatable bonds is 4. The highest BCUT2D eigenvalue weighted by atomic mass is 19.1. The number of hydrogen-bond acceptors (Lipinski definition) is 3. The van der Waals surface area contributed by atoms with Crippen molar-refractivity contribution < 1.29 is 13.6 Å². The fourth-order valence-corrected chi connectivity index (χ4v) is 2.14. The summed E-state index contributed by atoms with van der Waals surface area (Å²) in [4.78, 5) is 12.7. The Balaban J connectivity index is 2.60. The number of amides is 1. The van der Waals surface area contributed by atoms with Crippen molar-refractivity contribution >= 4 is 23.0 Å². The molecule has 4 N–H and O–H groups in total. The number of carbonyl (C=O) groups excluding carboxylic acids is 1. The average molecular weight is 291 g/mol. The van der Waals surface area contributed by atoms with Gasteiger partial charge in [0.1, 0.15) is 11.6 Å². The highest BCUT2D eigenvalue weighted by molar-refractivity contribution is 5.99. The molecule has 6 heteroatoms. The molecule has 110 valence electrons. The summed E-state index contributed by atoms with van der Waals surface area (Å²) in [6.07, 6.45) is 0. The van der Waals surface area contributed by atoms with Crippen LogP contribution < -0.4 is 16.4 Å². The molecule has 2 aromatic rings. The molecule has 0 aliphatic carbocycles. The minimum absolute atomic E-state index is 0.00110. The van der Waals surface area contributed by atoms with E-state index in [2.05, 4.69) is 0 Å². The topological polar surface area (TPSA) is 72.3 Å². The van der Waals surface area contributed by atoms with Crippen LogP contribution in [0.3, 0.4) is 0 Å². The lowest BCUT2D eigenvalue weighted by Gasteiger charge is -2.25. The number of para-hydroxylation sites is 1. The number of primary amides is 1. The van der Waals surface area contributed by atoms with Crippen molar-refractivity contribution in [3.63, 3.8) is 0 Å². The third-order valence-corrected chi connectivity index (χ3v) is 3.13. The van der Waals surface area contributed by atoms with Crippen molar-refractivity contribution in [2.24, 2.45) is 5.73 Å². The van der Waals surface area contributed by atoms with E-state index in [-0.39, 0.29) is 22.6 Å². The van der Waals surface area contributed by atoms with Gasteiger partial charge in [0.25, 0.3) is 5.91 Å². The smallest absolute Gasteiger partial charge is 0.250 e. The molecule has 0 bridgehead atoms. The number of carbonyl (C=O) groups is 1. The minimum Gasteiger partial charge on any atom is -0.398 e. The van der Waals surface area contributed by atoms with Crippen molar-refractivity contribution in [3.8, 4) is 0 Å². The number of halogens is 2. The molecule has 0 aromatic heterocycles. The summed E-state index contributed by atoms with van der Waals surface area (Å²) in [7, 11) is 0. The first-order valence-electron chi connectivity index (χ1n) is 6.36. The molecule has 0 aliphatic heterocycles. The Morgan fingerprint density at radius 3 is 2.38 bits per heavy atom. The summed E-state index contributed by atoms with van der Waals surface area (Å²) in [6, 6.07) is 8.24. The molecule has 0 aliphatic rings. The van der Waals surface area contributed by atoms with Gasteiger partial charge in [0, 0.05) is 12.2 Å². The van der Waals surface area contributed by atoms with Crippen LogP contribution in [0.5, 0.6) is 0 Å². The van der Waals surface area contributed by atoms with Crippen molar-refractivity contribution in [1.82, 2.24) is 0 Å². The van der Waals surface area contributed by atoms with Gasteiger partial charge >= 0.3 is 0 Å². The maximum absolute atomic E-state index is 14.2. The predicted octanol–water partition coefficient (Wildman–Crippen LogP) is 2.80. The lowest BCUT2D eigenvalue weighted by molar-refractivity contribution is 0.100. The van der Waals surface area contributed by atoms with Crippen LogP contribution in [-0.4, -0.2) is 12.5 Å². The number of benzene rings is 2. The molecular weight excluding hydrogens is 276 g/mol. The van der Waals surface area contributed by atoms with Crippen LogP contribution in [0.4, 0.5) is 25.8 Å². The molecule has 0 heterocycles. The van der Waals surface area contributed by atoms with Crippen molar-refractivity contribution in [2.45, 2.75) is 6.92 Å². The average Bonchev–Trinajstić information content (AvgIpc) is 2.43. The summed E-state index contributed by atoms with van der Waals surface area (Å²) >= 11 is 0. The van der Waals surface area contributed by atoms with Gasteiger partial charge in [0.05, 0.1) is 16.9 Å². The number of nitrogens with two attached hydrogens (primary N) is 2. The molecule has 0 saturated heterocycles. The lowest BCUT2D eigenvalue weighted by atomic mass is 10.1. The van der Waals surface area contributed by atoms with Crippen molar-refractivity contribution in [1.29, 1.82) is 0 Å². The van der Waals surface area contributed by atoms with E-state index >= 15 is 0 Å². The molecule has 0 spiro atoms. The van der Waals surface area contributed by atoms with Gasteiger partial charge in [-0.3, -0.25) is 4.79 Å². The maximum atomic E-state index is 14.2. The SMILES string of the molecule is CCN(c1ccccc1F)c1cc(C(N)=O)c(N)cc1F. The van der Waals surface area contributed by atoms with E-state index < -0.39 is 17.5 Å². The van der Waals surface area contributed by atoms with Crippen LogP contribution in [0.1, 0.15) is 17.3 Å². The van der Waals surface area contributed by atoms with E-state index in [1.807, 2.05) is 0 Å². The van der Waals surface area contributed by atoms with Crippen LogP contribution in [0.25, 0.3) is 0 Å². The molecule has 2 aromatic carbocycles. The Bertz CT molecular complexity index is 689. The van der Waals surface area contributed by atoms with Crippen LogP contribution in [0, 0.1) is 11.6 Å². The zero-order valence-electron chi connectivity index (χ0n) is 11.4. The van der Waals surface area contributed by atoms with Crippen LogP contribution >= 0.6 is 0 Å². The van der Waals surface area contributed by atoms with Gasteiger partial charge in [-0.15, -0.1) is 0 Å². The first-order chi connectivity index (χ1) is 9.95. The van der Waals surface area contributed by atoms with Crippen LogP contribution in [-0.2, 0) is 0 Å². The highest BCUT2D eigenvalue weighted by Gasteiger charge is 2.19. The molecule has 0 unspecified atom stereocenters. The molecule has 21 heavy (non-hydrogen) atoms. The number of nitrogen functional groups attached to an aromatic ring is 1. The first-order valence-corrected chi connectivity index (χ1v) is 6.36. The second-order valence-electron chi connectivity index (χ2n) is 4.45. The Hall–Kier alpha value is -2.63. The van der Waals surface area contributed by atoms with Crippen molar-refractivity contribution in [2.75, 3.05) is 17.2 Å². The van der Waals surface area contributed by atoms with E-state index in [4.69, 9.17) is 11.5 Å². The van der Waals surface area contributed by atoms with Gasteiger partial charge in [-0.05, 0) is 31.2 Å². The Morgan fingerprint density at radius 1 is 1.14 bits per heavy atom. The molecule has 1 amide bonds. The molecule has 0 atom stereocenters. The number of hydrogen-bond donors (Lipinski definition) is 2. The fraction of sp³-hybridized carbons (Fsp3) is 0.133. The van der Waals surface area contributed by atoms with Gasteiger partial charge in [0.2, 0.25) is 0 Å². The molecule has 4 nitrogen and oxygen atoms in total. The third kappa shape index (κ3) is 2.79. The fourth-order valence-electron chi connectivity index (χ4n) is 2.14. The molecule has 0 radical (unpaired) electrons. The minimum atomic E-state index is -0.765. The summed E-state index contributed by atoms with van der Waals surface area (Å²) in [5.41, 5.74) is 11.0. The summed E-state index contributed by atoms with van der Waals surface area (Å²) in [5.74, 6) is -1.91. The maximum Gasteiger partial charge on any atom is 0.250 e. The molecule has 0 saturated carbocycles. The largest absolute Gasteiger partial charge is 0.398 e. The first kappa shape index (κ1) is 14.8. The lowest BCUT2D eigenvalue weighted by Crippen LogP contribution is -2.21. The van der Waals surface area contributed by atoms with E-state index in [1.54, 1.807) is 19.1 Å². The molecule has 0 fully saturated rings. The van der Waals surface area contributed by atoms with E-state index in [1.165, 1.54) is 23.1 Å². The van der Waals surface area contributed by atoms with E-state index in [9.17, 15) is 13.6 Å². The van der Waals surface area contributed by atoms with Gasteiger partial charge in [0.15, 0.2) is 0 Å². The Morgan fingerprint density at radius 2 is 1.81 bits per heavy atom. The summed E-state index contributed by atoms with van der Waals surface area (Å²) in [6.45, 7) is 2.05. The summed E-state index contributed by atoms with van der Waals surface area (Å²) in [5, 5.41) is 0. The van der Waals surface area contributed by atoms with Gasteiger partial charge in [-0.25, -0.2) is 8.78 Å². The Kier molecular flexibility index (Phi) is 4.07.